The highest BCUT2D eigenvalue weighted by atomic mass is 127. The molecule has 0 heterocycles. The molecular formula is C15H14F3I3NO4S-. The lowest BCUT2D eigenvalue weighted by atomic mass is 9.87. The molecule has 1 aromatic rings. The van der Waals surface area contributed by atoms with Crippen LogP contribution in [0.15, 0.2) is 12.1 Å². The molecule has 0 unspecified atom stereocenters. The van der Waals surface area contributed by atoms with Crippen molar-refractivity contribution in [3.8, 4) is 0 Å². The van der Waals surface area contributed by atoms with E-state index < -0.39 is 28.0 Å². The van der Waals surface area contributed by atoms with Crippen LogP contribution in [0.1, 0.15) is 36.0 Å². The van der Waals surface area contributed by atoms with Gasteiger partial charge in [-0.25, -0.2) is 13.2 Å². The van der Waals surface area contributed by atoms with Crippen LogP contribution in [0.25, 0.3) is 4.72 Å². The molecule has 0 aromatic heterocycles. The van der Waals surface area contributed by atoms with E-state index in [4.69, 9.17) is 4.74 Å². The first kappa shape index (κ1) is 23.9. The van der Waals surface area contributed by atoms with Crippen LogP contribution in [-0.2, 0) is 14.8 Å². The van der Waals surface area contributed by atoms with Crippen LogP contribution in [0, 0.1) is 16.6 Å². The molecule has 27 heavy (non-hydrogen) atoms. The first-order chi connectivity index (χ1) is 12.4. The maximum absolute atomic E-state index is 12.4. The number of rotatable bonds is 5. The van der Waals surface area contributed by atoms with E-state index in [0.717, 1.165) is 10.7 Å². The van der Waals surface area contributed by atoms with Crippen molar-refractivity contribution in [3.63, 3.8) is 0 Å². The lowest BCUT2D eigenvalue weighted by Gasteiger charge is -2.33. The second kappa shape index (κ2) is 9.59. The van der Waals surface area contributed by atoms with Gasteiger partial charge in [-0.2, -0.15) is 13.2 Å². The molecule has 0 spiro atoms. The molecule has 1 aliphatic carbocycles. The number of carbonyl (C=O) groups excluding carboxylic acids is 1. The van der Waals surface area contributed by atoms with E-state index in [0.29, 0.717) is 31.2 Å². The van der Waals surface area contributed by atoms with Gasteiger partial charge in [0.05, 0.1) is 5.56 Å². The first-order valence-electron chi connectivity index (χ1n) is 7.76. The summed E-state index contributed by atoms with van der Waals surface area (Å²) < 4.78 is 69.9. The summed E-state index contributed by atoms with van der Waals surface area (Å²) in [6.45, 7) is -0.393. The summed E-state index contributed by atoms with van der Waals surface area (Å²) in [6, 6.07) is 3.70. The molecule has 2 rings (SSSR count). The summed E-state index contributed by atoms with van der Waals surface area (Å²) in [5.74, 6) is -0.695. The zero-order valence-corrected chi connectivity index (χ0v) is 20.9. The third-order valence-corrected chi connectivity index (χ3v) is 8.82. The number of sulfonamides is 1. The van der Waals surface area contributed by atoms with Gasteiger partial charge in [-0.15, -0.1) is 6.54 Å². The summed E-state index contributed by atoms with van der Waals surface area (Å²) in [7, 11) is -5.44. The Bertz CT molecular complexity index is 809. The minimum Gasteiger partial charge on any atom is -0.541 e. The van der Waals surface area contributed by atoms with Gasteiger partial charge in [-0.1, -0.05) is 5.92 Å². The Labute approximate surface area is 196 Å². The molecule has 0 aliphatic heterocycles. The van der Waals surface area contributed by atoms with Crippen molar-refractivity contribution in [1.29, 1.82) is 0 Å². The minimum absolute atomic E-state index is 0.268. The molecule has 0 amide bonds. The van der Waals surface area contributed by atoms with Crippen molar-refractivity contribution in [2.75, 3.05) is 6.54 Å². The maximum Gasteiger partial charge on any atom is 0.480 e. The van der Waals surface area contributed by atoms with E-state index in [-0.39, 0.29) is 12.0 Å². The molecular weight excluding hydrogens is 728 g/mol. The predicted octanol–water partition coefficient (Wildman–Crippen LogP) is 5.44. The molecule has 0 radical (unpaired) electrons. The molecule has 12 heteroatoms. The topological polar surface area (TPSA) is 74.5 Å². The number of ether oxygens (including phenoxy) is 1. The lowest BCUT2D eigenvalue weighted by molar-refractivity contribution is -0.0428. The molecule has 0 saturated heterocycles. The molecule has 0 bridgehead atoms. The molecule has 0 atom stereocenters. The standard InChI is InChI=1S/C15H14F3I3NO4S/c16-15(17,18)27(24,25)22-7-8-1-3-10(4-2-8)26-14(23)11-5-9(19)6-12(20)13(11)21/h5-6,8,10H,1-4,7H2/q-1. The average molecular weight is 742 g/mol. The zero-order chi connectivity index (χ0) is 20.4. The fraction of sp³-hybridized carbons (Fsp3) is 0.533. The SMILES string of the molecule is O=C(OC1CCC(C[N-]S(=O)(=O)C(F)(F)F)CC1)c1cc(I)cc(I)c1I. The van der Waals surface area contributed by atoms with Gasteiger partial charge in [-0.3, -0.25) is 0 Å². The maximum atomic E-state index is 12.4. The summed E-state index contributed by atoms with van der Waals surface area (Å²) in [4.78, 5) is 12.4. The highest BCUT2D eigenvalue weighted by Crippen LogP contribution is 2.33. The van der Waals surface area contributed by atoms with Gasteiger partial charge in [0.15, 0.2) is 10.0 Å². The van der Waals surface area contributed by atoms with E-state index in [1.165, 1.54) is 0 Å². The van der Waals surface area contributed by atoms with Gasteiger partial charge < -0.3 is 9.46 Å². The summed E-state index contributed by atoms with van der Waals surface area (Å²) in [5, 5.41) is 0. The van der Waals surface area contributed by atoms with E-state index in [1.54, 1.807) is 6.07 Å². The van der Waals surface area contributed by atoms with Crippen molar-refractivity contribution in [1.82, 2.24) is 0 Å². The van der Waals surface area contributed by atoms with E-state index in [2.05, 4.69) is 72.5 Å². The number of benzene rings is 1. The number of esters is 1. The van der Waals surface area contributed by atoms with Crippen LogP contribution in [0.2, 0.25) is 0 Å². The monoisotopic (exact) mass is 742 g/mol. The summed E-state index contributed by atoms with van der Waals surface area (Å²) in [6.07, 6.45) is 1.51. The highest BCUT2D eigenvalue weighted by molar-refractivity contribution is 14.1. The lowest BCUT2D eigenvalue weighted by Crippen LogP contribution is -2.28. The van der Waals surface area contributed by atoms with Gasteiger partial charge in [-0.05, 0) is 106 Å². The number of nitrogens with zero attached hydrogens (tertiary/aromatic N) is 1. The Hall–Kier alpha value is 0.580. The summed E-state index contributed by atoms with van der Waals surface area (Å²) >= 11 is 6.35. The van der Waals surface area contributed by atoms with Crippen molar-refractivity contribution in [2.45, 2.75) is 37.3 Å². The smallest absolute Gasteiger partial charge is 0.480 e. The van der Waals surface area contributed by atoms with Crippen LogP contribution in [0.3, 0.4) is 0 Å². The molecule has 1 aromatic carbocycles. The molecule has 5 nitrogen and oxygen atoms in total. The third-order valence-electron chi connectivity index (χ3n) is 4.08. The predicted molar refractivity (Wildman–Crippen MR) is 119 cm³/mol. The van der Waals surface area contributed by atoms with Gasteiger partial charge in [0.25, 0.3) is 0 Å². The summed E-state index contributed by atoms with van der Waals surface area (Å²) in [5.41, 5.74) is -4.87. The Morgan fingerprint density at radius 2 is 1.74 bits per heavy atom. The van der Waals surface area contributed by atoms with Gasteiger partial charge in [0.2, 0.25) is 0 Å². The Kier molecular flexibility index (Phi) is 8.48. The zero-order valence-electron chi connectivity index (χ0n) is 13.6. The molecule has 1 fully saturated rings. The number of hydrogen-bond acceptors (Lipinski definition) is 4. The Balaban J connectivity index is 1.87. The van der Waals surface area contributed by atoms with Crippen LogP contribution < -0.4 is 0 Å². The van der Waals surface area contributed by atoms with E-state index in [1.807, 2.05) is 6.07 Å². The van der Waals surface area contributed by atoms with E-state index >= 15 is 0 Å². The minimum atomic E-state index is -5.44. The Morgan fingerprint density at radius 3 is 2.30 bits per heavy atom. The molecule has 1 aliphatic rings. The van der Waals surface area contributed by atoms with Crippen LogP contribution in [0.4, 0.5) is 13.2 Å². The van der Waals surface area contributed by atoms with Crippen LogP contribution in [-0.4, -0.2) is 32.5 Å². The van der Waals surface area contributed by atoms with Gasteiger partial charge in [0, 0.05) is 10.7 Å². The normalized spacial score (nSPS) is 21.1. The third kappa shape index (κ3) is 6.53. The molecule has 0 N–H and O–H groups in total. The van der Waals surface area contributed by atoms with Gasteiger partial charge >= 0.3 is 11.5 Å². The second-order valence-electron chi connectivity index (χ2n) is 6.03. The molecule has 1 saturated carbocycles. The van der Waals surface area contributed by atoms with E-state index in [9.17, 15) is 26.4 Å². The van der Waals surface area contributed by atoms with Crippen LogP contribution in [0.5, 0.6) is 0 Å². The number of carbonyl (C=O) groups is 1. The van der Waals surface area contributed by atoms with Crippen molar-refractivity contribution in [2.24, 2.45) is 5.92 Å². The fourth-order valence-corrected chi connectivity index (χ4v) is 5.56. The first-order valence-corrected chi connectivity index (χ1v) is 12.4. The Morgan fingerprint density at radius 1 is 1.15 bits per heavy atom. The van der Waals surface area contributed by atoms with Crippen molar-refractivity contribution in [3.05, 3.63) is 33.1 Å². The molecule has 152 valence electrons. The van der Waals surface area contributed by atoms with Crippen LogP contribution >= 0.6 is 67.8 Å². The number of hydrogen-bond donors (Lipinski definition) is 0. The number of halogens is 6. The van der Waals surface area contributed by atoms with Gasteiger partial charge in [0.1, 0.15) is 6.10 Å². The second-order valence-corrected chi connectivity index (χ2v) is 11.2. The van der Waals surface area contributed by atoms with Crippen molar-refractivity contribution >= 4 is 83.8 Å². The largest absolute Gasteiger partial charge is 0.541 e. The average Bonchev–Trinajstić information content (AvgIpc) is 2.56. The number of alkyl halides is 3. The highest BCUT2D eigenvalue weighted by Gasteiger charge is 2.39. The fourth-order valence-electron chi connectivity index (χ4n) is 2.63. The van der Waals surface area contributed by atoms with Crippen molar-refractivity contribution < 1.29 is 31.1 Å². The quantitative estimate of drug-likeness (QED) is 0.229.